The SMILES string of the molecule is COc1cc(Nc2c(C#N)cnc3cc(-c4ccc(CN5CCC(N6CCCC6)CC5)o4)ccc23)cc(OC)c1OC. The van der Waals surface area contributed by atoms with Crippen molar-refractivity contribution in [1.29, 1.82) is 5.26 Å². The molecule has 0 spiro atoms. The maximum absolute atomic E-state index is 9.86. The number of nitriles is 1. The number of hydrogen-bond donors (Lipinski definition) is 1. The molecule has 0 aliphatic carbocycles. The third-order valence-corrected chi connectivity index (χ3v) is 8.46. The van der Waals surface area contributed by atoms with Crippen molar-refractivity contribution in [2.24, 2.45) is 0 Å². The van der Waals surface area contributed by atoms with Gasteiger partial charge in [0, 0.05) is 54.1 Å². The summed E-state index contributed by atoms with van der Waals surface area (Å²) in [6.45, 7) is 5.59. The smallest absolute Gasteiger partial charge is 0.203 e. The summed E-state index contributed by atoms with van der Waals surface area (Å²) >= 11 is 0. The van der Waals surface area contributed by atoms with Gasteiger partial charge in [0.1, 0.15) is 17.6 Å². The first-order valence-electron chi connectivity index (χ1n) is 14.6. The van der Waals surface area contributed by atoms with Crippen LogP contribution in [0.2, 0.25) is 0 Å². The molecular weight excluding hydrogens is 530 g/mol. The van der Waals surface area contributed by atoms with Crippen LogP contribution < -0.4 is 19.5 Å². The van der Waals surface area contributed by atoms with E-state index in [1.807, 2.05) is 36.4 Å². The van der Waals surface area contributed by atoms with Gasteiger partial charge in [-0.3, -0.25) is 9.88 Å². The largest absolute Gasteiger partial charge is 0.493 e. The van der Waals surface area contributed by atoms with Gasteiger partial charge >= 0.3 is 0 Å². The molecule has 0 radical (unpaired) electrons. The van der Waals surface area contributed by atoms with Gasteiger partial charge in [-0.15, -0.1) is 0 Å². The summed E-state index contributed by atoms with van der Waals surface area (Å²) in [5, 5.41) is 14.1. The second kappa shape index (κ2) is 12.3. The first kappa shape index (κ1) is 27.9. The zero-order valence-electron chi connectivity index (χ0n) is 24.5. The van der Waals surface area contributed by atoms with E-state index in [-0.39, 0.29) is 0 Å². The number of ether oxygens (including phenoxy) is 3. The number of likely N-dealkylation sites (tertiary alicyclic amines) is 2. The Labute approximate surface area is 246 Å². The Hall–Kier alpha value is -4.26. The summed E-state index contributed by atoms with van der Waals surface area (Å²) in [6, 6.07) is 16.7. The van der Waals surface area contributed by atoms with Crippen LogP contribution in [0.3, 0.4) is 0 Å². The third kappa shape index (κ3) is 5.60. The molecule has 2 fully saturated rings. The number of furan rings is 1. The van der Waals surface area contributed by atoms with Crippen molar-refractivity contribution < 1.29 is 18.6 Å². The van der Waals surface area contributed by atoms with Crippen LogP contribution in [0.15, 0.2) is 53.1 Å². The number of methoxy groups -OCH3 is 3. The van der Waals surface area contributed by atoms with Crippen LogP contribution in [0.5, 0.6) is 17.2 Å². The van der Waals surface area contributed by atoms with Crippen molar-refractivity contribution >= 4 is 22.3 Å². The van der Waals surface area contributed by atoms with Crippen LogP contribution in [0.4, 0.5) is 11.4 Å². The Kier molecular flexibility index (Phi) is 8.17. The van der Waals surface area contributed by atoms with Crippen LogP contribution >= 0.6 is 0 Å². The Morgan fingerprint density at radius 3 is 2.36 bits per heavy atom. The molecule has 2 aromatic heterocycles. The summed E-state index contributed by atoms with van der Waals surface area (Å²) in [6.07, 6.45) is 6.77. The van der Waals surface area contributed by atoms with Crippen molar-refractivity contribution in [1.82, 2.24) is 14.8 Å². The molecule has 218 valence electrons. The van der Waals surface area contributed by atoms with Gasteiger partial charge in [0.25, 0.3) is 0 Å². The summed E-state index contributed by atoms with van der Waals surface area (Å²) in [7, 11) is 4.71. The van der Waals surface area contributed by atoms with Crippen molar-refractivity contribution in [3.63, 3.8) is 0 Å². The molecule has 9 heteroatoms. The number of nitrogens with zero attached hydrogens (tertiary/aromatic N) is 4. The molecule has 2 aliphatic rings. The highest BCUT2D eigenvalue weighted by atomic mass is 16.5. The maximum atomic E-state index is 9.86. The van der Waals surface area contributed by atoms with Gasteiger partial charge < -0.3 is 28.8 Å². The summed E-state index contributed by atoms with van der Waals surface area (Å²) < 4.78 is 22.8. The van der Waals surface area contributed by atoms with Crippen LogP contribution in [0.1, 0.15) is 37.0 Å². The molecule has 9 nitrogen and oxygen atoms in total. The number of benzene rings is 2. The summed E-state index contributed by atoms with van der Waals surface area (Å²) in [5.41, 5.74) is 3.47. The molecule has 0 unspecified atom stereocenters. The molecule has 6 rings (SSSR count). The van der Waals surface area contributed by atoms with E-state index in [1.54, 1.807) is 27.5 Å². The second-order valence-electron chi connectivity index (χ2n) is 10.9. The number of aromatic nitrogens is 1. The zero-order chi connectivity index (χ0) is 29.1. The normalized spacial score (nSPS) is 16.4. The average Bonchev–Trinajstić information content (AvgIpc) is 3.74. The van der Waals surface area contributed by atoms with Crippen LogP contribution in [-0.2, 0) is 6.54 Å². The van der Waals surface area contributed by atoms with Crippen molar-refractivity contribution in [2.75, 3.05) is 52.8 Å². The van der Waals surface area contributed by atoms with E-state index in [0.717, 1.165) is 53.7 Å². The van der Waals surface area contributed by atoms with E-state index in [2.05, 4.69) is 32.2 Å². The first-order chi connectivity index (χ1) is 20.6. The van der Waals surface area contributed by atoms with Crippen molar-refractivity contribution in [3.8, 4) is 34.6 Å². The molecule has 0 amide bonds. The van der Waals surface area contributed by atoms with Gasteiger partial charge in [-0.25, -0.2) is 0 Å². The fourth-order valence-electron chi connectivity index (χ4n) is 6.25. The molecular formula is C33H37N5O4. The van der Waals surface area contributed by atoms with Crippen molar-refractivity contribution in [2.45, 2.75) is 38.3 Å². The van der Waals surface area contributed by atoms with E-state index in [4.69, 9.17) is 18.6 Å². The Morgan fingerprint density at radius 1 is 0.952 bits per heavy atom. The standard InChI is InChI=1S/C33H37N5O4/c1-39-30-17-24(18-31(40-2)33(30)41-3)36-32-23(19-34)20-35-28-16-22(6-8-27(28)32)29-9-7-26(42-29)21-37-14-10-25(11-15-37)38-12-4-5-13-38/h6-9,16-18,20,25H,4-5,10-15,21H2,1-3H3,(H,35,36). The fraction of sp³-hybridized carbons (Fsp3) is 0.394. The highest BCUT2D eigenvalue weighted by molar-refractivity contribution is 5.97. The van der Waals surface area contributed by atoms with E-state index in [9.17, 15) is 5.26 Å². The topological polar surface area (TPSA) is 96.0 Å². The zero-order valence-corrected chi connectivity index (χ0v) is 24.5. The Balaban J connectivity index is 1.21. The summed E-state index contributed by atoms with van der Waals surface area (Å²) in [4.78, 5) is 9.77. The molecule has 42 heavy (non-hydrogen) atoms. The molecule has 1 N–H and O–H groups in total. The van der Waals surface area contributed by atoms with E-state index >= 15 is 0 Å². The van der Waals surface area contributed by atoms with Gasteiger partial charge in [-0.1, -0.05) is 6.07 Å². The number of pyridine rings is 1. The Bertz CT molecular complexity index is 1570. The number of piperidine rings is 1. The second-order valence-corrected chi connectivity index (χ2v) is 10.9. The predicted octanol–water partition coefficient (Wildman–Crippen LogP) is 6.20. The van der Waals surface area contributed by atoms with Gasteiger partial charge in [0.05, 0.1) is 44.6 Å². The number of anilines is 2. The molecule has 2 aliphatic heterocycles. The number of rotatable bonds is 9. The van der Waals surface area contributed by atoms with E-state index in [0.29, 0.717) is 34.2 Å². The fourth-order valence-corrected chi connectivity index (χ4v) is 6.25. The first-order valence-corrected chi connectivity index (χ1v) is 14.6. The third-order valence-electron chi connectivity index (χ3n) is 8.46. The quantitative estimate of drug-likeness (QED) is 0.254. The van der Waals surface area contributed by atoms with Gasteiger partial charge in [-0.05, 0) is 63.0 Å². The van der Waals surface area contributed by atoms with Crippen molar-refractivity contribution in [3.05, 3.63) is 60.0 Å². The molecule has 0 saturated carbocycles. The Morgan fingerprint density at radius 2 is 1.69 bits per heavy atom. The minimum Gasteiger partial charge on any atom is -0.493 e. The van der Waals surface area contributed by atoms with Crippen LogP contribution in [0, 0.1) is 11.3 Å². The van der Waals surface area contributed by atoms with E-state index in [1.165, 1.54) is 38.8 Å². The predicted molar refractivity (Wildman–Crippen MR) is 163 cm³/mol. The minimum atomic E-state index is 0.429. The molecule has 0 atom stereocenters. The highest BCUT2D eigenvalue weighted by Gasteiger charge is 2.26. The van der Waals surface area contributed by atoms with Gasteiger partial charge in [-0.2, -0.15) is 5.26 Å². The lowest BCUT2D eigenvalue weighted by Gasteiger charge is -2.36. The highest BCUT2D eigenvalue weighted by Crippen LogP contribution is 2.42. The number of fused-ring (bicyclic) bond motifs is 1. The van der Waals surface area contributed by atoms with E-state index < -0.39 is 0 Å². The molecule has 2 saturated heterocycles. The molecule has 4 aromatic rings. The lowest BCUT2D eigenvalue weighted by Crippen LogP contribution is -2.43. The number of nitrogens with one attached hydrogen (secondary N) is 1. The molecule has 0 bridgehead atoms. The number of hydrogen-bond acceptors (Lipinski definition) is 9. The molecule has 2 aromatic carbocycles. The lowest BCUT2D eigenvalue weighted by atomic mass is 10.0. The van der Waals surface area contributed by atoms with Crippen LogP contribution in [0.25, 0.3) is 22.2 Å². The van der Waals surface area contributed by atoms with Gasteiger partial charge in [0.2, 0.25) is 5.75 Å². The maximum Gasteiger partial charge on any atom is 0.203 e. The molecule has 4 heterocycles. The lowest BCUT2D eigenvalue weighted by molar-refractivity contribution is 0.118. The minimum absolute atomic E-state index is 0.429. The van der Waals surface area contributed by atoms with Gasteiger partial charge in [0.15, 0.2) is 11.5 Å². The average molecular weight is 568 g/mol. The van der Waals surface area contributed by atoms with Crippen LogP contribution in [-0.4, -0.2) is 68.3 Å². The monoisotopic (exact) mass is 567 g/mol. The summed E-state index contributed by atoms with van der Waals surface area (Å²) in [5.74, 6) is 3.32.